The van der Waals surface area contributed by atoms with E-state index in [0.29, 0.717) is 12.2 Å². The molecule has 1 heterocycles. The zero-order valence-corrected chi connectivity index (χ0v) is 12.2. The molecule has 0 unspecified atom stereocenters. The number of imidazole rings is 1. The van der Waals surface area contributed by atoms with Crippen molar-refractivity contribution in [3.8, 4) is 5.69 Å². The average Bonchev–Trinajstić information content (AvgIpc) is 2.75. The number of ether oxygens (including phenoxy) is 1. The van der Waals surface area contributed by atoms with Gasteiger partial charge in [-0.2, -0.15) is 0 Å². The van der Waals surface area contributed by atoms with E-state index in [0.717, 1.165) is 22.6 Å². The van der Waals surface area contributed by atoms with Crippen molar-refractivity contribution in [2.24, 2.45) is 0 Å². The number of nitrogens with zero attached hydrogens (tertiary/aromatic N) is 2. The molecule has 0 spiro atoms. The minimum absolute atomic E-state index is 0.173. The fourth-order valence-electron chi connectivity index (χ4n) is 2.37. The molecule has 20 heavy (non-hydrogen) atoms. The Labute approximate surface area is 118 Å². The van der Waals surface area contributed by atoms with Crippen LogP contribution in [0.15, 0.2) is 18.2 Å². The third-order valence-corrected chi connectivity index (χ3v) is 3.34. The summed E-state index contributed by atoms with van der Waals surface area (Å²) in [6.45, 7) is 6.00. The van der Waals surface area contributed by atoms with Crippen LogP contribution in [-0.2, 0) is 11.2 Å². The Balaban J connectivity index is 2.74. The highest BCUT2D eigenvalue weighted by Gasteiger charge is 2.22. The topological polar surface area (TPSA) is 70.1 Å². The van der Waals surface area contributed by atoms with Gasteiger partial charge in [-0.05, 0) is 25.0 Å². The molecule has 0 amide bonds. The summed E-state index contributed by atoms with van der Waals surface area (Å²) in [6, 6.07) is 6.02. The predicted molar refractivity (Wildman–Crippen MR) is 78.2 cm³/mol. The first-order valence-electron chi connectivity index (χ1n) is 6.53. The van der Waals surface area contributed by atoms with E-state index < -0.39 is 5.97 Å². The number of nitrogens with two attached hydrogens (primary N) is 1. The first-order valence-corrected chi connectivity index (χ1v) is 6.53. The van der Waals surface area contributed by atoms with Gasteiger partial charge in [0.05, 0.1) is 12.8 Å². The van der Waals surface area contributed by atoms with Crippen LogP contribution in [0.25, 0.3) is 5.69 Å². The lowest BCUT2D eigenvalue weighted by molar-refractivity contribution is 0.0596. The molecule has 5 heteroatoms. The summed E-state index contributed by atoms with van der Waals surface area (Å²) in [5, 5.41) is 0. The second-order valence-electron chi connectivity index (χ2n) is 4.68. The first kappa shape index (κ1) is 14.1. The zero-order valence-electron chi connectivity index (χ0n) is 12.2. The van der Waals surface area contributed by atoms with Gasteiger partial charge < -0.3 is 10.5 Å². The van der Waals surface area contributed by atoms with Crippen molar-refractivity contribution in [1.82, 2.24) is 9.55 Å². The third kappa shape index (κ3) is 2.15. The van der Waals surface area contributed by atoms with Gasteiger partial charge in [0.1, 0.15) is 11.6 Å². The van der Waals surface area contributed by atoms with Crippen LogP contribution in [0.3, 0.4) is 0 Å². The molecule has 2 aromatic rings. The number of nitrogen functional groups attached to an aromatic ring is 1. The van der Waals surface area contributed by atoms with Gasteiger partial charge >= 0.3 is 5.97 Å². The van der Waals surface area contributed by atoms with Crippen molar-refractivity contribution in [2.45, 2.75) is 27.2 Å². The highest BCUT2D eigenvalue weighted by molar-refractivity contribution is 5.92. The fourth-order valence-corrected chi connectivity index (χ4v) is 2.37. The Morgan fingerprint density at radius 1 is 1.35 bits per heavy atom. The summed E-state index contributed by atoms with van der Waals surface area (Å²) in [4.78, 5) is 16.1. The number of anilines is 1. The fraction of sp³-hybridized carbons (Fsp3) is 0.333. The Kier molecular flexibility index (Phi) is 3.79. The normalized spacial score (nSPS) is 10.6. The van der Waals surface area contributed by atoms with Gasteiger partial charge in [-0.25, -0.2) is 9.78 Å². The maximum atomic E-state index is 11.7. The van der Waals surface area contributed by atoms with Crippen LogP contribution in [0.5, 0.6) is 0 Å². The van der Waals surface area contributed by atoms with Crippen LogP contribution in [0.2, 0.25) is 0 Å². The number of carbonyl (C=O) groups excluding carboxylic acids is 1. The summed E-state index contributed by atoms with van der Waals surface area (Å²) < 4.78 is 6.58. The first-order chi connectivity index (χ1) is 9.51. The number of aryl methyl sites for hydroxylation is 3. The van der Waals surface area contributed by atoms with Crippen molar-refractivity contribution in [1.29, 1.82) is 0 Å². The van der Waals surface area contributed by atoms with Crippen LogP contribution >= 0.6 is 0 Å². The maximum absolute atomic E-state index is 11.7. The molecule has 0 bridgehead atoms. The van der Waals surface area contributed by atoms with Crippen molar-refractivity contribution in [2.75, 3.05) is 12.8 Å². The molecule has 1 aromatic carbocycles. The zero-order chi connectivity index (χ0) is 14.9. The number of hydrogen-bond acceptors (Lipinski definition) is 4. The van der Waals surface area contributed by atoms with E-state index in [9.17, 15) is 4.79 Å². The molecule has 0 aliphatic heterocycles. The minimum atomic E-state index is -0.512. The highest BCUT2D eigenvalue weighted by atomic mass is 16.5. The van der Waals surface area contributed by atoms with Crippen molar-refractivity contribution >= 4 is 11.8 Å². The SMILES string of the molecule is CCc1nc(C(=O)OC)c(N)n1-c1c(C)cccc1C. The summed E-state index contributed by atoms with van der Waals surface area (Å²) in [5.41, 5.74) is 9.44. The van der Waals surface area contributed by atoms with Crippen LogP contribution in [0, 0.1) is 13.8 Å². The number of para-hydroxylation sites is 1. The van der Waals surface area contributed by atoms with E-state index in [-0.39, 0.29) is 5.69 Å². The van der Waals surface area contributed by atoms with Crippen LogP contribution in [0.4, 0.5) is 5.82 Å². The molecule has 0 saturated carbocycles. The standard InChI is InChI=1S/C15H19N3O2/c1-5-11-17-12(15(19)20-4)14(16)18(11)13-9(2)7-6-8-10(13)3/h6-8H,5,16H2,1-4H3. The van der Waals surface area contributed by atoms with Crippen molar-refractivity contribution in [3.63, 3.8) is 0 Å². The van der Waals surface area contributed by atoms with E-state index in [4.69, 9.17) is 10.5 Å². The Morgan fingerprint density at radius 3 is 2.45 bits per heavy atom. The van der Waals surface area contributed by atoms with E-state index in [2.05, 4.69) is 4.98 Å². The van der Waals surface area contributed by atoms with Crippen LogP contribution in [-0.4, -0.2) is 22.6 Å². The van der Waals surface area contributed by atoms with E-state index >= 15 is 0 Å². The number of benzene rings is 1. The third-order valence-electron chi connectivity index (χ3n) is 3.34. The molecule has 106 valence electrons. The molecule has 0 radical (unpaired) electrons. The maximum Gasteiger partial charge on any atom is 0.360 e. The van der Waals surface area contributed by atoms with E-state index in [1.807, 2.05) is 43.5 Å². The number of rotatable bonds is 3. The molecule has 0 aliphatic carbocycles. The second-order valence-corrected chi connectivity index (χ2v) is 4.68. The molecular formula is C15H19N3O2. The largest absolute Gasteiger partial charge is 0.464 e. The number of methoxy groups -OCH3 is 1. The highest BCUT2D eigenvalue weighted by Crippen LogP contribution is 2.26. The molecule has 0 atom stereocenters. The van der Waals surface area contributed by atoms with Crippen molar-refractivity contribution in [3.05, 3.63) is 40.8 Å². The lowest BCUT2D eigenvalue weighted by Gasteiger charge is -2.14. The Hall–Kier alpha value is -2.30. The van der Waals surface area contributed by atoms with Gasteiger partial charge in [0.2, 0.25) is 0 Å². The molecule has 0 saturated heterocycles. The van der Waals surface area contributed by atoms with Gasteiger partial charge in [-0.3, -0.25) is 4.57 Å². The number of carbonyl (C=O) groups is 1. The van der Waals surface area contributed by atoms with Gasteiger partial charge in [-0.15, -0.1) is 0 Å². The molecule has 1 aromatic heterocycles. The molecule has 5 nitrogen and oxygen atoms in total. The van der Waals surface area contributed by atoms with Crippen LogP contribution in [0.1, 0.15) is 34.4 Å². The minimum Gasteiger partial charge on any atom is -0.464 e. The monoisotopic (exact) mass is 273 g/mol. The Bertz CT molecular complexity index is 639. The van der Waals surface area contributed by atoms with Crippen molar-refractivity contribution < 1.29 is 9.53 Å². The lowest BCUT2D eigenvalue weighted by Crippen LogP contribution is -2.10. The van der Waals surface area contributed by atoms with Gasteiger partial charge in [0.25, 0.3) is 0 Å². The molecule has 0 fully saturated rings. The number of hydrogen-bond donors (Lipinski definition) is 1. The second kappa shape index (κ2) is 5.36. The molecular weight excluding hydrogens is 254 g/mol. The summed E-state index contributed by atoms with van der Waals surface area (Å²) in [5.74, 6) is 0.564. The lowest BCUT2D eigenvalue weighted by atomic mass is 10.1. The number of aromatic nitrogens is 2. The predicted octanol–water partition coefficient (Wildman–Crippen LogP) is 2.42. The smallest absolute Gasteiger partial charge is 0.360 e. The Morgan fingerprint density at radius 2 is 1.95 bits per heavy atom. The number of esters is 1. The average molecular weight is 273 g/mol. The molecule has 2 rings (SSSR count). The summed E-state index contributed by atoms with van der Waals surface area (Å²) >= 11 is 0. The van der Waals surface area contributed by atoms with Gasteiger partial charge in [0.15, 0.2) is 5.69 Å². The van der Waals surface area contributed by atoms with Crippen LogP contribution < -0.4 is 5.73 Å². The van der Waals surface area contributed by atoms with Gasteiger partial charge in [0, 0.05) is 6.42 Å². The van der Waals surface area contributed by atoms with E-state index in [1.165, 1.54) is 7.11 Å². The van der Waals surface area contributed by atoms with Gasteiger partial charge in [-0.1, -0.05) is 25.1 Å². The molecule has 2 N–H and O–H groups in total. The quantitative estimate of drug-likeness (QED) is 0.872. The molecule has 0 aliphatic rings. The summed E-state index contributed by atoms with van der Waals surface area (Å²) in [7, 11) is 1.32. The summed E-state index contributed by atoms with van der Waals surface area (Å²) in [6.07, 6.45) is 0.676. The van der Waals surface area contributed by atoms with E-state index in [1.54, 1.807) is 0 Å².